The van der Waals surface area contributed by atoms with Crippen molar-refractivity contribution in [1.82, 2.24) is 29.7 Å². The standard InChI is InChI=1S/C17H13N7O2/c1-11-3-2-6-19-14(11)13-9-26-17(21-13)22-16(25)15-23-20-10-24(15)12-4-7-18-8-5-12/h2-10H,1H3,(H,21,22,25). The van der Waals surface area contributed by atoms with Crippen LogP contribution in [0.5, 0.6) is 0 Å². The highest BCUT2D eigenvalue weighted by atomic mass is 16.4. The van der Waals surface area contributed by atoms with Crippen LogP contribution in [-0.2, 0) is 0 Å². The molecule has 0 radical (unpaired) electrons. The van der Waals surface area contributed by atoms with E-state index in [4.69, 9.17) is 4.42 Å². The summed E-state index contributed by atoms with van der Waals surface area (Å²) < 4.78 is 6.88. The lowest BCUT2D eigenvalue weighted by molar-refractivity contribution is 0.101. The van der Waals surface area contributed by atoms with Crippen molar-refractivity contribution in [3.8, 4) is 17.1 Å². The molecule has 4 aromatic heterocycles. The van der Waals surface area contributed by atoms with Crippen molar-refractivity contribution >= 4 is 11.9 Å². The van der Waals surface area contributed by atoms with Gasteiger partial charge in [-0.1, -0.05) is 6.07 Å². The minimum absolute atomic E-state index is 0.0549. The summed E-state index contributed by atoms with van der Waals surface area (Å²) in [4.78, 5) is 25.0. The normalized spacial score (nSPS) is 10.7. The first-order valence-electron chi connectivity index (χ1n) is 7.71. The third-order valence-electron chi connectivity index (χ3n) is 3.67. The van der Waals surface area contributed by atoms with Gasteiger partial charge in [0.05, 0.1) is 11.4 Å². The molecule has 0 saturated carbocycles. The van der Waals surface area contributed by atoms with Crippen LogP contribution in [-0.4, -0.2) is 35.6 Å². The second-order valence-corrected chi connectivity index (χ2v) is 5.39. The van der Waals surface area contributed by atoms with Crippen LogP contribution in [0.3, 0.4) is 0 Å². The highest BCUT2D eigenvalue weighted by Gasteiger charge is 2.18. The van der Waals surface area contributed by atoms with Crippen LogP contribution in [0, 0.1) is 6.92 Å². The molecule has 0 saturated heterocycles. The summed E-state index contributed by atoms with van der Waals surface area (Å²) in [5.41, 5.74) is 2.90. The summed E-state index contributed by atoms with van der Waals surface area (Å²) in [6.45, 7) is 1.92. The van der Waals surface area contributed by atoms with E-state index in [1.54, 1.807) is 35.3 Å². The number of carbonyl (C=O) groups excluding carboxylic acids is 1. The highest BCUT2D eigenvalue weighted by molar-refractivity contribution is 6.00. The molecule has 9 nitrogen and oxygen atoms in total. The minimum Gasteiger partial charge on any atom is -0.431 e. The van der Waals surface area contributed by atoms with E-state index in [9.17, 15) is 4.79 Å². The molecule has 4 heterocycles. The SMILES string of the molecule is Cc1cccnc1-c1coc(NC(=O)c2nncn2-c2ccncc2)n1. The summed E-state index contributed by atoms with van der Waals surface area (Å²) in [7, 11) is 0. The van der Waals surface area contributed by atoms with Gasteiger partial charge in [0, 0.05) is 18.6 Å². The number of aryl methyl sites for hydroxylation is 1. The molecule has 26 heavy (non-hydrogen) atoms. The zero-order valence-corrected chi connectivity index (χ0v) is 13.7. The number of nitrogens with zero attached hydrogens (tertiary/aromatic N) is 6. The number of pyridine rings is 2. The van der Waals surface area contributed by atoms with E-state index in [-0.39, 0.29) is 11.8 Å². The Labute approximate surface area is 147 Å². The van der Waals surface area contributed by atoms with Crippen molar-refractivity contribution in [2.75, 3.05) is 5.32 Å². The molecule has 0 spiro atoms. The number of hydrogen-bond acceptors (Lipinski definition) is 7. The molecule has 0 aromatic carbocycles. The third-order valence-corrected chi connectivity index (χ3v) is 3.67. The minimum atomic E-state index is -0.495. The topological polar surface area (TPSA) is 112 Å². The first kappa shape index (κ1) is 15.6. The molecule has 0 atom stereocenters. The largest absolute Gasteiger partial charge is 0.431 e. The van der Waals surface area contributed by atoms with Crippen LogP contribution in [0.15, 0.2) is 59.9 Å². The zero-order valence-electron chi connectivity index (χ0n) is 13.7. The van der Waals surface area contributed by atoms with Gasteiger partial charge in [-0.05, 0) is 30.7 Å². The van der Waals surface area contributed by atoms with Crippen LogP contribution < -0.4 is 5.32 Å². The lowest BCUT2D eigenvalue weighted by Gasteiger charge is -2.04. The maximum Gasteiger partial charge on any atom is 0.302 e. The molecule has 1 amide bonds. The Bertz CT molecular complexity index is 1060. The molecule has 0 bridgehead atoms. The van der Waals surface area contributed by atoms with Crippen molar-refractivity contribution in [3.63, 3.8) is 0 Å². The Morgan fingerprint density at radius 1 is 1.19 bits per heavy atom. The molecule has 0 unspecified atom stereocenters. The maximum absolute atomic E-state index is 12.5. The van der Waals surface area contributed by atoms with E-state index in [1.165, 1.54) is 12.6 Å². The van der Waals surface area contributed by atoms with Crippen molar-refractivity contribution < 1.29 is 9.21 Å². The molecule has 4 aromatic rings. The Morgan fingerprint density at radius 3 is 2.85 bits per heavy atom. The number of amides is 1. The van der Waals surface area contributed by atoms with Crippen LogP contribution in [0.1, 0.15) is 16.2 Å². The number of aromatic nitrogens is 6. The van der Waals surface area contributed by atoms with Gasteiger partial charge in [-0.3, -0.25) is 24.6 Å². The van der Waals surface area contributed by atoms with Crippen LogP contribution >= 0.6 is 0 Å². The van der Waals surface area contributed by atoms with Crippen molar-refractivity contribution in [1.29, 1.82) is 0 Å². The van der Waals surface area contributed by atoms with E-state index < -0.39 is 5.91 Å². The average Bonchev–Trinajstić information content (AvgIpc) is 3.32. The number of anilines is 1. The summed E-state index contributed by atoms with van der Waals surface area (Å²) in [6, 6.07) is 7.31. The number of carbonyl (C=O) groups is 1. The molecule has 0 aliphatic rings. The first-order chi connectivity index (χ1) is 12.7. The fourth-order valence-electron chi connectivity index (χ4n) is 2.43. The molecule has 0 aliphatic carbocycles. The van der Waals surface area contributed by atoms with E-state index >= 15 is 0 Å². The van der Waals surface area contributed by atoms with Gasteiger partial charge in [-0.15, -0.1) is 10.2 Å². The third kappa shape index (κ3) is 2.93. The van der Waals surface area contributed by atoms with E-state index in [2.05, 4.69) is 30.5 Å². The molecule has 4 rings (SSSR count). The number of hydrogen-bond donors (Lipinski definition) is 1. The fraction of sp³-hybridized carbons (Fsp3) is 0.0588. The highest BCUT2D eigenvalue weighted by Crippen LogP contribution is 2.22. The predicted octanol–water partition coefficient (Wildman–Crippen LogP) is 2.27. The monoisotopic (exact) mass is 347 g/mol. The Balaban J connectivity index is 1.57. The summed E-state index contributed by atoms with van der Waals surface area (Å²) in [5.74, 6) is -0.393. The number of nitrogens with one attached hydrogen (secondary N) is 1. The smallest absolute Gasteiger partial charge is 0.302 e. The first-order valence-corrected chi connectivity index (χ1v) is 7.71. The second-order valence-electron chi connectivity index (χ2n) is 5.39. The van der Waals surface area contributed by atoms with E-state index in [0.717, 1.165) is 5.56 Å². The number of rotatable bonds is 4. The van der Waals surface area contributed by atoms with Gasteiger partial charge in [0.2, 0.25) is 5.82 Å². The van der Waals surface area contributed by atoms with Crippen LogP contribution in [0.4, 0.5) is 6.01 Å². The van der Waals surface area contributed by atoms with E-state index in [1.807, 2.05) is 19.1 Å². The molecule has 128 valence electrons. The summed E-state index contributed by atoms with van der Waals surface area (Å²) in [5, 5.41) is 10.2. The predicted molar refractivity (Wildman–Crippen MR) is 91.6 cm³/mol. The quantitative estimate of drug-likeness (QED) is 0.602. The lowest BCUT2D eigenvalue weighted by Crippen LogP contribution is -2.17. The van der Waals surface area contributed by atoms with Gasteiger partial charge >= 0.3 is 6.01 Å². The van der Waals surface area contributed by atoms with Gasteiger partial charge in [0.1, 0.15) is 18.3 Å². The fourth-order valence-corrected chi connectivity index (χ4v) is 2.43. The average molecular weight is 347 g/mol. The molecule has 9 heteroatoms. The van der Waals surface area contributed by atoms with Crippen molar-refractivity contribution in [2.24, 2.45) is 0 Å². The van der Waals surface area contributed by atoms with Crippen LogP contribution in [0.2, 0.25) is 0 Å². The van der Waals surface area contributed by atoms with Gasteiger partial charge in [-0.2, -0.15) is 4.98 Å². The van der Waals surface area contributed by atoms with Gasteiger partial charge in [0.25, 0.3) is 5.91 Å². The lowest BCUT2D eigenvalue weighted by atomic mass is 10.2. The maximum atomic E-state index is 12.5. The van der Waals surface area contributed by atoms with Crippen molar-refractivity contribution in [3.05, 3.63) is 66.8 Å². The molecule has 0 aliphatic heterocycles. The van der Waals surface area contributed by atoms with Crippen LogP contribution in [0.25, 0.3) is 17.1 Å². The Hall–Kier alpha value is -3.88. The molecular formula is C17H13N7O2. The summed E-state index contributed by atoms with van der Waals surface area (Å²) >= 11 is 0. The Kier molecular flexibility index (Phi) is 3.94. The van der Waals surface area contributed by atoms with Gasteiger partial charge in [0.15, 0.2) is 0 Å². The molecular weight excluding hydrogens is 334 g/mol. The molecule has 0 fully saturated rings. The molecule has 1 N–H and O–H groups in total. The van der Waals surface area contributed by atoms with E-state index in [0.29, 0.717) is 17.1 Å². The zero-order chi connectivity index (χ0) is 17.9. The van der Waals surface area contributed by atoms with Crippen molar-refractivity contribution in [2.45, 2.75) is 6.92 Å². The summed E-state index contributed by atoms with van der Waals surface area (Å²) in [6.07, 6.45) is 7.80. The van der Waals surface area contributed by atoms with Gasteiger partial charge < -0.3 is 4.42 Å². The Morgan fingerprint density at radius 2 is 2.04 bits per heavy atom. The van der Waals surface area contributed by atoms with Gasteiger partial charge in [-0.25, -0.2) is 0 Å². The number of oxazole rings is 1. The second kappa shape index (κ2) is 6.55.